The standard InChI is InChI=1S/C34H38ClN11O4/c1-36-28(47)12-15-46-27-17-21(5-8-25(27)43(2)34(46)50)39-31-24(35)18-37-33(41-31)45-13-10-19(11-14-45)38-20-4-6-22-26(16-20)44(3)42-30(22)23-7-9-29(48)40-32(23)49/h4-6,8,16-19,23,38H,7,9-15H2,1-3H3,(H,36,47)(H,37,39,41)(H,40,48,49). The minimum Gasteiger partial charge on any atom is -0.382 e. The Morgan fingerprint density at radius 2 is 1.76 bits per heavy atom. The van der Waals surface area contributed by atoms with E-state index in [1.54, 1.807) is 34.1 Å². The average Bonchev–Trinajstić information content (AvgIpc) is 3.56. The van der Waals surface area contributed by atoms with Crippen LogP contribution in [0.25, 0.3) is 21.9 Å². The van der Waals surface area contributed by atoms with Crippen molar-refractivity contribution in [3.63, 3.8) is 0 Å². The molecule has 1 atom stereocenters. The fourth-order valence-corrected chi connectivity index (χ4v) is 6.96. The molecule has 2 aromatic carbocycles. The molecular weight excluding hydrogens is 662 g/mol. The highest BCUT2D eigenvalue weighted by atomic mass is 35.5. The minimum atomic E-state index is -0.442. The summed E-state index contributed by atoms with van der Waals surface area (Å²) in [6.07, 6.45) is 4.26. The van der Waals surface area contributed by atoms with Crippen molar-refractivity contribution in [1.82, 2.24) is 39.5 Å². The molecule has 3 aromatic heterocycles. The van der Waals surface area contributed by atoms with Gasteiger partial charge in [-0.1, -0.05) is 11.6 Å². The van der Waals surface area contributed by atoms with E-state index in [9.17, 15) is 19.2 Å². The molecule has 0 saturated carbocycles. The smallest absolute Gasteiger partial charge is 0.328 e. The molecular formula is C34H38ClN11O4. The lowest BCUT2D eigenvalue weighted by atomic mass is 9.93. The van der Waals surface area contributed by atoms with Crippen LogP contribution in [-0.2, 0) is 35.0 Å². The van der Waals surface area contributed by atoms with Crippen molar-refractivity contribution in [2.24, 2.45) is 14.1 Å². The molecule has 2 aliphatic heterocycles. The van der Waals surface area contributed by atoms with Crippen LogP contribution in [-0.4, -0.2) is 72.8 Å². The Morgan fingerprint density at radius 1 is 1.00 bits per heavy atom. The Hall–Kier alpha value is -5.44. The number of aromatic nitrogens is 6. The number of amides is 3. The second-order valence-electron chi connectivity index (χ2n) is 12.8. The largest absolute Gasteiger partial charge is 0.382 e. The predicted molar refractivity (Wildman–Crippen MR) is 191 cm³/mol. The molecule has 0 radical (unpaired) electrons. The molecule has 3 amide bonds. The maximum atomic E-state index is 12.9. The lowest BCUT2D eigenvalue weighted by Crippen LogP contribution is -2.40. The van der Waals surface area contributed by atoms with E-state index in [0.717, 1.165) is 48.0 Å². The summed E-state index contributed by atoms with van der Waals surface area (Å²) < 4.78 is 4.94. The van der Waals surface area contributed by atoms with Crippen molar-refractivity contribution >= 4 is 74.4 Å². The molecule has 4 N–H and O–H groups in total. The fraction of sp³-hybridized carbons (Fsp3) is 0.382. The molecule has 7 rings (SSSR count). The zero-order valence-corrected chi connectivity index (χ0v) is 28.8. The van der Waals surface area contributed by atoms with Crippen molar-refractivity contribution in [1.29, 1.82) is 0 Å². The van der Waals surface area contributed by atoms with Gasteiger partial charge in [0.1, 0.15) is 5.02 Å². The van der Waals surface area contributed by atoms with Gasteiger partial charge in [-0.3, -0.25) is 33.5 Å². The third-order valence-corrected chi connectivity index (χ3v) is 9.86. The number of imide groups is 1. The molecule has 2 saturated heterocycles. The van der Waals surface area contributed by atoms with Gasteiger partial charge in [-0.15, -0.1) is 0 Å². The number of aryl methyl sites for hydroxylation is 3. The van der Waals surface area contributed by atoms with E-state index in [0.29, 0.717) is 46.5 Å². The third-order valence-electron chi connectivity index (χ3n) is 9.58. The summed E-state index contributed by atoms with van der Waals surface area (Å²) in [5.41, 5.74) is 4.53. The summed E-state index contributed by atoms with van der Waals surface area (Å²) in [5.74, 6) is -0.0991. The Balaban J connectivity index is 1.01. The topological polar surface area (TPSA) is 173 Å². The SMILES string of the molecule is CNC(=O)CCn1c(=O)n(C)c2ccc(Nc3nc(N4CCC(Nc5ccc6c(C7CCC(=O)NC7=O)nn(C)c6c5)CC4)ncc3Cl)cc21. The summed E-state index contributed by atoms with van der Waals surface area (Å²) in [7, 11) is 5.15. The number of fused-ring (bicyclic) bond motifs is 2. The van der Waals surface area contributed by atoms with Crippen LogP contribution in [0.5, 0.6) is 0 Å². The number of benzene rings is 2. The first-order valence-corrected chi connectivity index (χ1v) is 17.0. The van der Waals surface area contributed by atoms with Crippen molar-refractivity contribution in [2.45, 2.75) is 50.6 Å². The zero-order valence-electron chi connectivity index (χ0n) is 28.0. The van der Waals surface area contributed by atoms with Crippen LogP contribution >= 0.6 is 11.6 Å². The number of carbonyl (C=O) groups excluding carboxylic acids is 3. The number of rotatable bonds is 9. The zero-order chi connectivity index (χ0) is 35.1. The van der Waals surface area contributed by atoms with E-state index in [4.69, 9.17) is 16.6 Å². The van der Waals surface area contributed by atoms with Crippen LogP contribution in [0.4, 0.5) is 23.1 Å². The fourth-order valence-electron chi connectivity index (χ4n) is 6.82. The number of nitrogens with zero attached hydrogens (tertiary/aromatic N) is 7. The van der Waals surface area contributed by atoms with Gasteiger partial charge in [0.15, 0.2) is 5.82 Å². The van der Waals surface area contributed by atoms with Crippen LogP contribution in [0.2, 0.25) is 5.02 Å². The van der Waals surface area contributed by atoms with E-state index in [-0.39, 0.29) is 42.4 Å². The first-order chi connectivity index (χ1) is 24.1. The van der Waals surface area contributed by atoms with Crippen LogP contribution < -0.4 is 31.9 Å². The van der Waals surface area contributed by atoms with Gasteiger partial charge in [-0.25, -0.2) is 9.78 Å². The highest BCUT2D eigenvalue weighted by molar-refractivity contribution is 6.33. The highest BCUT2D eigenvalue weighted by Crippen LogP contribution is 2.33. The van der Waals surface area contributed by atoms with E-state index in [2.05, 4.69) is 42.3 Å². The molecule has 0 aliphatic carbocycles. The van der Waals surface area contributed by atoms with Gasteiger partial charge < -0.3 is 20.9 Å². The van der Waals surface area contributed by atoms with Gasteiger partial charge in [-0.05, 0) is 55.7 Å². The molecule has 1 unspecified atom stereocenters. The Labute approximate surface area is 292 Å². The van der Waals surface area contributed by atoms with Crippen molar-refractivity contribution < 1.29 is 14.4 Å². The Morgan fingerprint density at radius 3 is 2.52 bits per heavy atom. The van der Waals surface area contributed by atoms with Crippen molar-refractivity contribution in [3.8, 4) is 0 Å². The number of anilines is 4. The van der Waals surface area contributed by atoms with Gasteiger partial charge in [0.2, 0.25) is 23.7 Å². The number of imidazole rings is 1. The molecule has 0 bridgehead atoms. The predicted octanol–water partition coefficient (Wildman–Crippen LogP) is 3.15. The van der Waals surface area contributed by atoms with Gasteiger partial charge in [0.25, 0.3) is 0 Å². The molecule has 260 valence electrons. The Bertz CT molecular complexity index is 2200. The maximum absolute atomic E-state index is 12.9. The molecule has 2 aliphatic rings. The summed E-state index contributed by atoms with van der Waals surface area (Å²) in [6.45, 7) is 1.73. The van der Waals surface area contributed by atoms with Crippen LogP contribution in [0, 0.1) is 0 Å². The van der Waals surface area contributed by atoms with E-state index in [1.807, 2.05) is 37.4 Å². The number of piperidine rings is 2. The molecule has 16 heteroatoms. The highest BCUT2D eigenvalue weighted by Gasteiger charge is 2.32. The third kappa shape index (κ3) is 6.35. The van der Waals surface area contributed by atoms with E-state index in [1.165, 1.54) is 0 Å². The number of carbonyl (C=O) groups is 3. The first kappa shape index (κ1) is 33.1. The summed E-state index contributed by atoms with van der Waals surface area (Å²) >= 11 is 6.53. The molecule has 2 fully saturated rings. The number of nitrogens with one attached hydrogen (secondary N) is 4. The maximum Gasteiger partial charge on any atom is 0.328 e. The van der Waals surface area contributed by atoms with Crippen molar-refractivity contribution in [3.05, 3.63) is 63.8 Å². The van der Waals surface area contributed by atoms with Gasteiger partial charge in [0.05, 0.1) is 34.4 Å². The van der Waals surface area contributed by atoms with Crippen LogP contribution in [0.3, 0.4) is 0 Å². The van der Waals surface area contributed by atoms with E-state index >= 15 is 0 Å². The minimum absolute atomic E-state index is 0.142. The number of hydrogen-bond acceptors (Lipinski definition) is 10. The van der Waals surface area contributed by atoms with Gasteiger partial charge in [0, 0.05) is 76.4 Å². The number of hydrogen-bond donors (Lipinski definition) is 4. The second kappa shape index (κ2) is 13.5. The first-order valence-electron chi connectivity index (χ1n) is 16.6. The molecule has 5 heterocycles. The monoisotopic (exact) mass is 699 g/mol. The van der Waals surface area contributed by atoms with Gasteiger partial charge >= 0.3 is 5.69 Å². The average molecular weight is 700 g/mol. The van der Waals surface area contributed by atoms with Crippen LogP contribution in [0.15, 0.2) is 47.4 Å². The normalized spacial score (nSPS) is 17.0. The van der Waals surface area contributed by atoms with Gasteiger partial charge in [-0.2, -0.15) is 10.1 Å². The molecule has 5 aromatic rings. The van der Waals surface area contributed by atoms with Crippen LogP contribution in [0.1, 0.15) is 43.7 Å². The Kier molecular flexibility index (Phi) is 8.90. The summed E-state index contributed by atoms with van der Waals surface area (Å²) in [6, 6.07) is 11.9. The lowest BCUT2D eigenvalue weighted by molar-refractivity contribution is -0.134. The summed E-state index contributed by atoms with van der Waals surface area (Å²) in [4.78, 5) is 60.3. The molecule has 50 heavy (non-hydrogen) atoms. The van der Waals surface area contributed by atoms with Crippen molar-refractivity contribution in [2.75, 3.05) is 35.7 Å². The number of halogens is 1. The second-order valence-corrected chi connectivity index (χ2v) is 13.2. The molecule has 0 spiro atoms. The summed E-state index contributed by atoms with van der Waals surface area (Å²) in [5, 5.41) is 17.9. The van der Waals surface area contributed by atoms with E-state index < -0.39 is 5.92 Å². The molecule has 15 nitrogen and oxygen atoms in total. The quantitative estimate of drug-likeness (QED) is 0.168. The lowest BCUT2D eigenvalue weighted by Gasteiger charge is -2.33.